The first kappa shape index (κ1) is 16.2. The second-order valence-corrected chi connectivity index (χ2v) is 4.65. The van der Waals surface area contributed by atoms with Gasteiger partial charge in [0.2, 0.25) is 5.91 Å². The van der Waals surface area contributed by atoms with Gasteiger partial charge in [0.1, 0.15) is 18.0 Å². The zero-order chi connectivity index (χ0) is 15.0. The number of hydrogen-bond acceptors (Lipinski definition) is 5. The molecule has 0 aliphatic carbocycles. The lowest BCUT2D eigenvalue weighted by Crippen LogP contribution is -2.28. The maximum Gasteiger partial charge on any atom is 0.221 e. The monoisotopic (exact) mass is 279 g/mol. The van der Waals surface area contributed by atoms with E-state index in [0.717, 1.165) is 36.6 Å². The van der Waals surface area contributed by atoms with Crippen molar-refractivity contribution in [3.05, 3.63) is 11.9 Å². The maximum absolute atomic E-state index is 11.3. The normalized spacial score (nSPS) is 10.2. The van der Waals surface area contributed by atoms with Gasteiger partial charge in [0.25, 0.3) is 0 Å². The van der Waals surface area contributed by atoms with Gasteiger partial charge in [-0.05, 0) is 13.3 Å². The predicted molar refractivity (Wildman–Crippen MR) is 82.1 cm³/mol. The zero-order valence-electron chi connectivity index (χ0n) is 12.9. The SMILES string of the molecule is CCCc1c(NCC)ncnc1N(C)CCC(=O)NC. The van der Waals surface area contributed by atoms with E-state index >= 15 is 0 Å². The van der Waals surface area contributed by atoms with Crippen LogP contribution in [0, 0.1) is 0 Å². The van der Waals surface area contributed by atoms with Crippen molar-refractivity contribution in [3.8, 4) is 0 Å². The molecule has 6 nitrogen and oxygen atoms in total. The van der Waals surface area contributed by atoms with Crippen LogP contribution in [0.4, 0.5) is 11.6 Å². The summed E-state index contributed by atoms with van der Waals surface area (Å²) < 4.78 is 0. The maximum atomic E-state index is 11.3. The van der Waals surface area contributed by atoms with Crippen LogP contribution in [0.25, 0.3) is 0 Å². The van der Waals surface area contributed by atoms with Crippen molar-refractivity contribution in [2.24, 2.45) is 0 Å². The molecule has 0 saturated heterocycles. The summed E-state index contributed by atoms with van der Waals surface area (Å²) >= 11 is 0. The number of anilines is 2. The van der Waals surface area contributed by atoms with Gasteiger partial charge in [-0.2, -0.15) is 0 Å². The van der Waals surface area contributed by atoms with E-state index in [9.17, 15) is 4.79 Å². The lowest BCUT2D eigenvalue weighted by molar-refractivity contribution is -0.120. The summed E-state index contributed by atoms with van der Waals surface area (Å²) in [6.07, 6.45) is 3.98. The third kappa shape index (κ3) is 4.36. The molecule has 1 aromatic rings. The topological polar surface area (TPSA) is 70.2 Å². The molecular weight excluding hydrogens is 254 g/mol. The van der Waals surface area contributed by atoms with E-state index in [2.05, 4.69) is 27.5 Å². The van der Waals surface area contributed by atoms with Gasteiger partial charge in [-0.3, -0.25) is 4.79 Å². The standard InChI is InChI=1S/C14H25N5O/c1-5-7-11-13(16-6-2)17-10-18-14(11)19(4)9-8-12(20)15-3/h10H,5-9H2,1-4H3,(H,15,20)(H,16,17,18). The minimum Gasteiger partial charge on any atom is -0.370 e. The summed E-state index contributed by atoms with van der Waals surface area (Å²) in [5.41, 5.74) is 1.12. The first-order valence-electron chi connectivity index (χ1n) is 7.13. The van der Waals surface area contributed by atoms with Crippen molar-refractivity contribution in [2.45, 2.75) is 33.1 Å². The van der Waals surface area contributed by atoms with Crippen LogP contribution in [-0.2, 0) is 11.2 Å². The highest BCUT2D eigenvalue weighted by molar-refractivity contribution is 5.76. The first-order valence-corrected chi connectivity index (χ1v) is 7.13. The average Bonchev–Trinajstić information content (AvgIpc) is 2.46. The molecule has 0 spiro atoms. The third-order valence-corrected chi connectivity index (χ3v) is 3.08. The van der Waals surface area contributed by atoms with Crippen LogP contribution < -0.4 is 15.5 Å². The Morgan fingerprint density at radius 1 is 1.35 bits per heavy atom. The molecule has 0 aliphatic heterocycles. The summed E-state index contributed by atoms with van der Waals surface area (Å²) in [5.74, 6) is 1.84. The lowest BCUT2D eigenvalue weighted by Gasteiger charge is -2.22. The van der Waals surface area contributed by atoms with Crippen molar-refractivity contribution in [1.29, 1.82) is 0 Å². The summed E-state index contributed by atoms with van der Waals surface area (Å²) in [7, 11) is 3.61. The van der Waals surface area contributed by atoms with Gasteiger partial charge in [0.15, 0.2) is 0 Å². The van der Waals surface area contributed by atoms with Crippen LogP contribution in [0.2, 0.25) is 0 Å². The largest absolute Gasteiger partial charge is 0.370 e. The van der Waals surface area contributed by atoms with Crippen molar-refractivity contribution < 1.29 is 4.79 Å². The fourth-order valence-electron chi connectivity index (χ4n) is 2.03. The van der Waals surface area contributed by atoms with Gasteiger partial charge in [0.05, 0.1) is 0 Å². The Morgan fingerprint density at radius 3 is 2.70 bits per heavy atom. The van der Waals surface area contributed by atoms with E-state index in [4.69, 9.17) is 0 Å². The van der Waals surface area contributed by atoms with Gasteiger partial charge in [-0.15, -0.1) is 0 Å². The van der Waals surface area contributed by atoms with E-state index in [-0.39, 0.29) is 5.91 Å². The van der Waals surface area contributed by atoms with Crippen LogP contribution in [0.5, 0.6) is 0 Å². The highest BCUT2D eigenvalue weighted by atomic mass is 16.1. The van der Waals surface area contributed by atoms with Crippen LogP contribution in [-0.4, -0.2) is 43.1 Å². The minimum absolute atomic E-state index is 0.0369. The van der Waals surface area contributed by atoms with E-state index < -0.39 is 0 Å². The quantitative estimate of drug-likeness (QED) is 0.753. The molecule has 0 unspecified atom stereocenters. The fraction of sp³-hybridized carbons (Fsp3) is 0.643. The smallest absolute Gasteiger partial charge is 0.221 e. The lowest BCUT2D eigenvalue weighted by atomic mass is 10.1. The molecular formula is C14H25N5O. The number of nitrogens with zero attached hydrogens (tertiary/aromatic N) is 3. The van der Waals surface area contributed by atoms with Crippen LogP contribution >= 0.6 is 0 Å². The predicted octanol–water partition coefficient (Wildman–Crippen LogP) is 1.43. The summed E-state index contributed by atoms with van der Waals surface area (Å²) in [5, 5.41) is 5.91. The van der Waals surface area contributed by atoms with Crippen molar-refractivity contribution >= 4 is 17.5 Å². The van der Waals surface area contributed by atoms with Gasteiger partial charge in [-0.1, -0.05) is 13.3 Å². The minimum atomic E-state index is 0.0369. The van der Waals surface area contributed by atoms with Crippen molar-refractivity contribution in [2.75, 3.05) is 37.4 Å². The van der Waals surface area contributed by atoms with Crippen LogP contribution in [0.1, 0.15) is 32.3 Å². The zero-order valence-corrected chi connectivity index (χ0v) is 12.9. The fourth-order valence-corrected chi connectivity index (χ4v) is 2.03. The number of rotatable bonds is 8. The molecule has 2 N–H and O–H groups in total. The second kappa shape index (κ2) is 8.35. The number of amides is 1. The molecule has 1 amide bonds. The molecule has 0 aliphatic rings. The molecule has 20 heavy (non-hydrogen) atoms. The summed E-state index contributed by atoms with van der Waals surface area (Å²) in [4.78, 5) is 22.1. The van der Waals surface area contributed by atoms with Crippen LogP contribution in [0.3, 0.4) is 0 Å². The molecule has 6 heteroatoms. The molecule has 112 valence electrons. The number of hydrogen-bond donors (Lipinski definition) is 2. The molecule has 0 aromatic carbocycles. The number of carbonyl (C=O) groups excluding carboxylic acids is 1. The second-order valence-electron chi connectivity index (χ2n) is 4.65. The Morgan fingerprint density at radius 2 is 2.10 bits per heavy atom. The molecule has 0 radical (unpaired) electrons. The molecule has 1 aromatic heterocycles. The van der Waals surface area contributed by atoms with Gasteiger partial charge in [0, 0.05) is 39.2 Å². The molecule has 0 bridgehead atoms. The van der Waals surface area contributed by atoms with E-state index in [0.29, 0.717) is 13.0 Å². The first-order chi connectivity index (χ1) is 9.63. The van der Waals surface area contributed by atoms with E-state index in [1.807, 2.05) is 18.9 Å². The molecule has 0 fully saturated rings. The van der Waals surface area contributed by atoms with E-state index in [1.165, 1.54) is 0 Å². The Kier molecular flexibility index (Phi) is 6.76. The molecule has 1 rings (SSSR count). The van der Waals surface area contributed by atoms with E-state index in [1.54, 1.807) is 13.4 Å². The third-order valence-electron chi connectivity index (χ3n) is 3.08. The highest BCUT2D eigenvalue weighted by Gasteiger charge is 2.14. The average molecular weight is 279 g/mol. The Balaban J connectivity index is 2.91. The number of aromatic nitrogens is 2. The Labute approximate surface area is 121 Å². The van der Waals surface area contributed by atoms with Gasteiger partial charge < -0.3 is 15.5 Å². The Bertz CT molecular complexity index is 436. The highest BCUT2D eigenvalue weighted by Crippen LogP contribution is 2.24. The van der Waals surface area contributed by atoms with Gasteiger partial charge >= 0.3 is 0 Å². The summed E-state index contributed by atoms with van der Waals surface area (Å²) in [6, 6.07) is 0. The molecule has 0 atom stereocenters. The van der Waals surface area contributed by atoms with Crippen molar-refractivity contribution in [1.82, 2.24) is 15.3 Å². The van der Waals surface area contributed by atoms with Crippen molar-refractivity contribution in [3.63, 3.8) is 0 Å². The molecule has 0 saturated carbocycles. The number of carbonyl (C=O) groups is 1. The molecule has 1 heterocycles. The summed E-state index contributed by atoms with van der Waals surface area (Å²) in [6.45, 7) is 5.65. The Hall–Kier alpha value is -1.85. The van der Waals surface area contributed by atoms with Gasteiger partial charge in [-0.25, -0.2) is 9.97 Å². The number of nitrogens with one attached hydrogen (secondary N) is 2. The van der Waals surface area contributed by atoms with Crippen LogP contribution in [0.15, 0.2) is 6.33 Å².